The van der Waals surface area contributed by atoms with Crippen LogP contribution >= 0.6 is 27.5 Å². The number of aromatic nitrogens is 2. The van der Waals surface area contributed by atoms with E-state index in [0.29, 0.717) is 5.88 Å². The maximum Gasteiger partial charge on any atom is 0.135 e. The number of hydrogen-bond acceptors (Lipinski definition) is 2. The number of rotatable bonds is 3. The lowest BCUT2D eigenvalue weighted by Crippen LogP contribution is -1.96. The van der Waals surface area contributed by atoms with Crippen LogP contribution in [0.4, 0.5) is 0 Å². The second-order valence-corrected chi connectivity index (χ2v) is 4.33. The fourth-order valence-corrected chi connectivity index (χ4v) is 1.92. The molecule has 0 aliphatic carbocycles. The number of halogens is 2. The first kappa shape index (κ1) is 11.5. The van der Waals surface area contributed by atoms with Crippen molar-refractivity contribution in [3.05, 3.63) is 40.6 Å². The minimum Gasteiger partial charge on any atom is -0.495 e. The molecule has 0 amide bonds. The predicted molar refractivity (Wildman–Crippen MR) is 67.4 cm³/mol. The van der Waals surface area contributed by atoms with Crippen LogP contribution in [0.3, 0.4) is 0 Å². The molecule has 0 aliphatic rings. The summed E-state index contributed by atoms with van der Waals surface area (Å²) in [5.41, 5.74) is 1.79. The summed E-state index contributed by atoms with van der Waals surface area (Å²) in [4.78, 5) is 0. The summed E-state index contributed by atoms with van der Waals surface area (Å²) in [5, 5.41) is 4.32. The van der Waals surface area contributed by atoms with E-state index in [2.05, 4.69) is 21.0 Å². The molecule has 3 nitrogen and oxygen atoms in total. The molecule has 0 radical (unpaired) electrons. The van der Waals surface area contributed by atoms with E-state index in [1.165, 1.54) is 0 Å². The molecule has 5 heteroatoms. The van der Waals surface area contributed by atoms with Gasteiger partial charge >= 0.3 is 0 Å². The summed E-state index contributed by atoms with van der Waals surface area (Å²) in [5.74, 6) is 1.20. The summed E-state index contributed by atoms with van der Waals surface area (Å²) in [6.07, 6.45) is 1.88. The Morgan fingerprint density at radius 2 is 2.25 bits per heavy atom. The maximum absolute atomic E-state index is 5.70. The molecule has 0 bridgehead atoms. The molecule has 84 valence electrons. The van der Waals surface area contributed by atoms with Crippen LogP contribution in [0.5, 0.6) is 5.75 Å². The summed E-state index contributed by atoms with van der Waals surface area (Å²) in [6.45, 7) is 0. The Bertz CT molecular complexity index is 498. The first-order valence-electron chi connectivity index (χ1n) is 4.69. The van der Waals surface area contributed by atoms with Crippen LogP contribution in [0.25, 0.3) is 5.69 Å². The van der Waals surface area contributed by atoms with Gasteiger partial charge in [-0.15, -0.1) is 11.6 Å². The molecule has 0 saturated heterocycles. The molecule has 2 aromatic rings. The molecule has 0 spiro atoms. The lowest BCUT2D eigenvalue weighted by molar-refractivity contribution is 0.412. The van der Waals surface area contributed by atoms with E-state index in [9.17, 15) is 0 Å². The van der Waals surface area contributed by atoms with Crippen LogP contribution in [-0.4, -0.2) is 16.9 Å². The SMILES string of the molecule is COc1cc(-n2ccc(CCl)n2)ccc1Br. The highest BCUT2D eigenvalue weighted by molar-refractivity contribution is 9.10. The standard InChI is InChI=1S/C11H10BrClN2O/c1-16-11-6-9(2-3-10(11)12)15-5-4-8(7-13)14-15/h2-6H,7H2,1H3. The van der Waals surface area contributed by atoms with Crippen molar-refractivity contribution < 1.29 is 4.74 Å². The topological polar surface area (TPSA) is 27.1 Å². The number of benzene rings is 1. The fraction of sp³-hybridized carbons (Fsp3) is 0.182. The Morgan fingerprint density at radius 3 is 2.88 bits per heavy atom. The number of hydrogen-bond donors (Lipinski definition) is 0. The van der Waals surface area contributed by atoms with Crippen LogP contribution < -0.4 is 4.74 Å². The Labute approximate surface area is 107 Å². The summed E-state index contributed by atoms with van der Waals surface area (Å²) in [7, 11) is 1.64. The average Bonchev–Trinajstić information content (AvgIpc) is 2.78. The average molecular weight is 302 g/mol. The van der Waals surface area contributed by atoms with Crippen LogP contribution in [0.15, 0.2) is 34.9 Å². The van der Waals surface area contributed by atoms with E-state index in [-0.39, 0.29) is 0 Å². The van der Waals surface area contributed by atoms with Crippen molar-refractivity contribution in [3.8, 4) is 11.4 Å². The molecule has 1 aromatic carbocycles. The third kappa shape index (κ3) is 2.23. The quantitative estimate of drug-likeness (QED) is 0.813. The molecule has 1 heterocycles. The smallest absolute Gasteiger partial charge is 0.135 e. The fourth-order valence-electron chi connectivity index (χ4n) is 1.37. The number of nitrogens with zero attached hydrogens (tertiary/aromatic N) is 2. The van der Waals surface area contributed by atoms with Gasteiger partial charge in [-0.2, -0.15) is 5.10 Å². The van der Waals surface area contributed by atoms with Crippen LogP contribution in [0.2, 0.25) is 0 Å². The lowest BCUT2D eigenvalue weighted by atomic mass is 10.3. The van der Waals surface area contributed by atoms with Crippen molar-refractivity contribution in [2.75, 3.05) is 7.11 Å². The van der Waals surface area contributed by atoms with Gasteiger partial charge in [0.15, 0.2) is 0 Å². The van der Waals surface area contributed by atoms with E-state index in [1.54, 1.807) is 11.8 Å². The van der Waals surface area contributed by atoms with E-state index in [1.807, 2.05) is 30.5 Å². The second kappa shape index (κ2) is 4.89. The predicted octanol–water partition coefficient (Wildman–Crippen LogP) is 3.38. The molecule has 16 heavy (non-hydrogen) atoms. The number of alkyl halides is 1. The zero-order valence-corrected chi connectivity index (χ0v) is 11.0. The molecule has 0 unspecified atom stereocenters. The van der Waals surface area contributed by atoms with Gasteiger partial charge in [-0.1, -0.05) is 0 Å². The summed E-state index contributed by atoms with van der Waals surface area (Å²) >= 11 is 9.11. The zero-order chi connectivity index (χ0) is 11.5. The normalized spacial score (nSPS) is 10.4. The first-order chi connectivity index (χ1) is 7.74. The lowest BCUT2D eigenvalue weighted by Gasteiger charge is -2.06. The highest BCUT2D eigenvalue weighted by Gasteiger charge is 2.04. The van der Waals surface area contributed by atoms with Gasteiger partial charge in [-0.05, 0) is 34.1 Å². The summed E-state index contributed by atoms with van der Waals surface area (Å²) < 4.78 is 7.92. The molecule has 0 atom stereocenters. The molecule has 0 aliphatic heterocycles. The monoisotopic (exact) mass is 300 g/mol. The van der Waals surface area contributed by atoms with Gasteiger partial charge < -0.3 is 4.74 Å². The molecule has 0 fully saturated rings. The Balaban J connectivity index is 2.40. The molecular formula is C11H10BrClN2O. The Hall–Kier alpha value is -1.00. The highest BCUT2D eigenvalue weighted by Crippen LogP contribution is 2.27. The van der Waals surface area contributed by atoms with Crippen LogP contribution in [0.1, 0.15) is 5.69 Å². The van der Waals surface area contributed by atoms with Gasteiger partial charge in [0.1, 0.15) is 5.75 Å². The largest absolute Gasteiger partial charge is 0.495 e. The van der Waals surface area contributed by atoms with Gasteiger partial charge in [0.2, 0.25) is 0 Å². The van der Waals surface area contributed by atoms with E-state index in [0.717, 1.165) is 21.6 Å². The molecule has 2 rings (SSSR count). The van der Waals surface area contributed by atoms with Gasteiger partial charge in [0.25, 0.3) is 0 Å². The van der Waals surface area contributed by atoms with Gasteiger partial charge in [0, 0.05) is 12.3 Å². The maximum atomic E-state index is 5.70. The number of ether oxygens (including phenoxy) is 1. The highest BCUT2D eigenvalue weighted by atomic mass is 79.9. The van der Waals surface area contributed by atoms with Crippen LogP contribution in [-0.2, 0) is 5.88 Å². The second-order valence-electron chi connectivity index (χ2n) is 3.20. The van der Waals surface area contributed by atoms with E-state index in [4.69, 9.17) is 16.3 Å². The van der Waals surface area contributed by atoms with Crippen molar-refractivity contribution in [2.24, 2.45) is 0 Å². The molecule has 0 saturated carbocycles. The zero-order valence-electron chi connectivity index (χ0n) is 8.65. The molecular weight excluding hydrogens is 291 g/mol. The third-order valence-corrected chi connectivity index (χ3v) is 3.11. The van der Waals surface area contributed by atoms with Gasteiger partial charge in [-0.3, -0.25) is 0 Å². The van der Waals surface area contributed by atoms with E-state index >= 15 is 0 Å². The van der Waals surface area contributed by atoms with Crippen molar-refractivity contribution in [2.45, 2.75) is 5.88 Å². The number of methoxy groups -OCH3 is 1. The minimum absolute atomic E-state index is 0.417. The van der Waals surface area contributed by atoms with E-state index < -0.39 is 0 Å². The van der Waals surface area contributed by atoms with Gasteiger partial charge in [0.05, 0.1) is 28.8 Å². The minimum atomic E-state index is 0.417. The Morgan fingerprint density at radius 1 is 1.44 bits per heavy atom. The van der Waals surface area contributed by atoms with Crippen molar-refractivity contribution >= 4 is 27.5 Å². The van der Waals surface area contributed by atoms with Gasteiger partial charge in [-0.25, -0.2) is 4.68 Å². The van der Waals surface area contributed by atoms with Crippen molar-refractivity contribution in [1.82, 2.24) is 9.78 Å². The molecule has 0 N–H and O–H groups in total. The van der Waals surface area contributed by atoms with Crippen molar-refractivity contribution in [3.63, 3.8) is 0 Å². The van der Waals surface area contributed by atoms with Crippen molar-refractivity contribution in [1.29, 1.82) is 0 Å². The third-order valence-electron chi connectivity index (χ3n) is 2.18. The van der Waals surface area contributed by atoms with Crippen LogP contribution in [0, 0.1) is 0 Å². The molecule has 1 aromatic heterocycles. The summed E-state index contributed by atoms with van der Waals surface area (Å²) in [6, 6.07) is 7.68. The first-order valence-corrected chi connectivity index (χ1v) is 6.02. The Kier molecular flexibility index (Phi) is 3.51.